The Balaban J connectivity index is 1.95. The standard InChI is InChI=1S/C16H13ClN4O4S/c1-9-3-2-4-10(7-9)15(23)19-20-16(26)18-14(22)11-5-6-12(17)13(8-11)21(24)25/h2-8H,1H3,(H,19,23)(H2,18,20,22,26). The van der Waals surface area contributed by atoms with Crippen LogP contribution >= 0.6 is 23.8 Å². The quantitative estimate of drug-likeness (QED) is 0.420. The fourth-order valence-corrected chi connectivity index (χ4v) is 2.30. The fraction of sp³-hybridized carbons (Fsp3) is 0.0625. The lowest BCUT2D eigenvalue weighted by molar-refractivity contribution is -0.384. The lowest BCUT2D eigenvalue weighted by Gasteiger charge is -2.11. The number of halogens is 1. The van der Waals surface area contributed by atoms with E-state index in [1.54, 1.807) is 18.2 Å². The van der Waals surface area contributed by atoms with Crippen molar-refractivity contribution in [2.45, 2.75) is 6.92 Å². The number of hydrogen-bond donors (Lipinski definition) is 3. The largest absolute Gasteiger partial charge is 0.298 e. The Labute approximate surface area is 158 Å². The van der Waals surface area contributed by atoms with Gasteiger partial charge in [0.2, 0.25) is 0 Å². The van der Waals surface area contributed by atoms with Gasteiger partial charge in [-0.1, -0.05) is 29.3 Å². The average molecular weight is 393 g/mol. The molecule has 8 nitrogen and oxygen atoms in total. The van der Waals surface area contributed by atoms with Crippen LogP contribution in [0, 0.1) is 17.0 Å². The van der Waals surface area contributed by atoms with Gasteiger partial charge in [0.25, 0.3) is 17.5 Å². The number of hydrogen-bond acceptors (Lipinski definition) is 5. The molecule has 134 valence electrons. The summed E-state index contributed by atoms with van der Waals surface area (Å²) in [5, 5.41) is 12.9. The fourth-order valence-electron chi connectivity index (χ4n) is 1.97. The minimum absolute atomic E-state index is 0.00439. The van der Waals surface area contributed by atoms with E-state index in [4.69, 9.17) is 23.8 Å². The highest BCUT2D eigenvalue weighted by Gasteiger charge is 2.17. The third-order valence-electron chi connectivity index (χ3n) is 3.20. The van der Waals surface area contributed by atoms with Gasteiger partial charge in [-0.05, 0) is 43.4 Å². The van der Waals surface area contributed by atoms with Crippen molar-refractivity contribution in [1.82, 2.24) is 16.2 Å². The minimum Gasteiger partial charge on any atom is -0.298 e. The highest BCUT2D eigenvalue weighted by atomic mass is 35.5. The summed E-state index contributed by atoms with van der Waals surface area (Å²) < 4.78 is 0. The highest BCUT2D eigenvalue weighted by molar-refractivity contribution is 7.80. The molecule has 10 heteroatoms. The molecule has 0 atom stereocenters. The Bertz CT molecular complexity index is 904. The Kier molecular flexibility index (Phi) is 6.21. The lowest BCUT2D eigenvalue weighted by Crippen LogP contribution is -2.48. The van der Waals surface area contributed by atoms with Gasteiger partial charge in [0, 0.05) is 17.2 Å². The van der Waals surface area contributed by atoms with E-state index in [0.717, 1.165) is 11.6 Å². The van der Waals surface area contributed by atoms with E-state index in [1.807, 2.05) is 13.0 Å². The summed E-state index contributed by atoms with van der Waals surface area (Å²) in [5.74, 6) is -1.13. The second-order valence-electron chi connectivity index (χ2n) is 5.16. The van der Waals surface area contributed by atoms with Gasteiger partial charge in [0.1, 0.15) is 5.02 Å². The maximum absolute atomic E-state index is 12.1. The van der Waals surface area contributed by atoms with Crippen LogP contribution in [-0.4, -0.2) is 21.9 Å². The maximum Gasteiger partial charge on any atom is 0.288 e. The third-order valence-corrected chi connectivity index (χ3v) is 3.73. The molecule has 0 radical (unpaired) electrons. The Morgan fingerprint density at radius 2 is 1.77 bits per heavy atom. The number of nitrogens with one attached hydrogen (secondary N) is 3. The Morgan fingerprint density at radius 1 is 1.08 bits per heavy atom. The van der Waals surface area contributed by atoms with Crippen LogP contribution in [0.25, 0.3) is 0 Å². The first-order chi connectivity index (χ1) is 12.3. The number of aryl methyl sites for hydroxylation is 1. The first-order valence-corrected chi connectivity index (χ1v) is 7.99. The Morgan fingerprint density at radius 3 is 2.42 bits per heavy atom. The monoisotopic (exact) mass is 392 g/mol. The number of nitro benzene ring substituents is 1. The molecule has 2 rings (SSSR count). The van der Waals surface area contributed by atoms with Crippen molar-refractivity contribution in [2.75, 3.05) is 0 Å². The van der Waals surface area contributed by atoms with Crippen LogP contribution in [0.4, 0.5) is 5.69 Å². The summed E-state index contributed by atoms with van der Waals surface area (Å²) >= 11 is 10.6. The van der Waals surface area contributed by atoms with E-state index >= 15 is 0 Å². The summed E-state index contributed by atoms with van der Waals surface area (Å²) in [6.07, 6.45) is 0. The smallest absolute Gasteiger partial charge is 0.288 e. The molecule has 0 fully saturated rings. The van der Waals surface area contributed by atoms with E-state index in [1.165, 1.54) is 12.1 Å². The molecule has 0 saturated carbocycles. The molecule has 0 bridgehead atoms. The molecule has 0 aliphatic carbocycles. The minimum atomic E-state index is -0.697. The molecular weight excluding hydrogens is 380 g/mol. The zero-order valence-electron chi connectivity index (χ0n) is 13.4. The van der Waals surface area contributed by atoms with E-state index in [2.05, 4.69) is 16.2 Å². The average Bonchev–Trinajstić information content (AvgIpc) is 2.59. The van der Waals surface area contributed by atoms with Gasteiger partial charge in [-0.25, -0.2) is 0 Å². The van der Waals surface area contributed by atoms with Crippen molar-refractivity contribution >= 4 is 46.4 Å². The maximum atomic E-state index is 12.1. The van der Waals surface area contributed by atoms with Crippen molar-refractivity contribution < 1.29 is 14.5 Å². The number of carbonyl (C=O) groups excluding carboxylic acids is 2. The van der Waals surface area contributed by atoms with E-state index in [0.29, 0.717) is 5.56 Å². The third kappa shape index (κ3) is 4.98. The predicted molar refractivity (Wildman–Crippen MR) is 100.0 cm³/mol. The molecule has 0 aliphatic heterocycles. The predicted octanol–water partition coefficient (Wildman–Crippen LogP) is 2.51. The van der Waals surface area contributed by atoms with Crippen molar-refractivity contribution in [3.8, 4) is 0 Å². The number of rotatable bonds is 3. The number of hydrazine groups is 1. The van der Waals surface area contributed by atoms with E-state index in [9.17, 15) is 19.7 Å². The molecule has 0 aliphatic rings. The Hall–Kier alpha value is -3.04. The normalized spacial score (nSPS) is 9.92. The molecule has 3 N–H and O–H groups in total. The number of carbonyl (C=O) groups is 2. The van der Waals surface area contributed by atoms with Gasteiger partial charge in [-0.3, -0.25) is 35.9 Å². The summed E-state index contributed by atoms with van der Waals surface area (Å²) in [7, 11) is 0. The molecule has 0 saturated heterocycles. The number of amides is 2. The molecule has 26 heavy (non-hydrogen) atoms. The summed E-state index contributed by atoms with van der Waals surface area (Å²) in [6, 6.07) is 10.5. The van der Waals surface area contributed by atoms with Gasteiger partial charge >= 0.3 is 0 Å². The lowest BCUT2D eigenvalue weighted by atomic mass is 10.1. The van der Waals surface area contributed by atoms with Crippen LogP contribution in [0.5, 0.6) is 0 Å². The SMILES string of the molecule is Cc1cccc(C(=O)NNC(=S)NC(=O)c2ccc(Cl)c([N+](=O)[O-])c2)c1. The highest BCUT2D eigenvalue weighted by Crippen LogP contribution is 2.24. The summed E-state index contributed by atoms with van der Waals surface area (Å²) in [5.41, 5.74) is 5.67. The molecule has 2 aromatic carbocycles. The van der Waals surface area contributed by atoms with Crippen LogP contribution in [0.3, 0.4) is 0 Å². The second kappa shape index (κ2) is 8.37. The summed E-state index contributed by atoms with van der Waals surface area (Å²) in [6.45, 7) is 1.85. The second-order valence-corrected chi connectivity index (χ2v) is 5.97. The first-order valence-electron chi connectivity index (χ1n) is 7.20. The molecule has 0 spiro atoms. The molecule has 2 amide bonds. The molecule has 0 aromatic heterocycles. The molecule has 2 aromatic rings. The van der Waals surface area contributed by atoms with Gasteiger partial charge in [0.15, 0.2) is 5.11 Å². The summed E-state index contributed by atoms with van der Waals surface area (Å²) in [4.78, 5) is 34.2. The van der Waals surface area contributed by atoms with Crippen LogP contribution in [0.15, 0.2) is 42.5 Å². The van der Waals surface area contributed by atoms with Gasteiger partial charge in [0.05, 0.1) is 4.92 Å². The van der Waals surface area contributed by atoms with E-state index < -0.39 is 22.4 Å². The van der Waals surface area contributed by atoms with Crippen LogP contribution in [-0.2, 0) is 0 Å². The molecule has 0 heterocycles. The van der Waals surface area contributed by atoms with E-state index in [-0.39, 0.29) is 15.7 Å². The van der Waals surface area contributed by atoms with Crippen molar-refractivity contribution in [3.63, 3.8) is 0 Å². The number of thiocarbonyl (C=S) groups is 1. The number of nitrogens with zero attached hydrogens (tertiary/aromatic N) is 1. The zero-order valence-corrected chi connectivity index (χ0v) is 15.0. The van der Waals surface area contributed by atoms with Gasteiger partial charge in [-0.2, -0.15) is 0 Å². The van der Waals surface area contributed by atoms with Crippen molar-refractivity contribution in [1.29, 1.82) is 0 Å². The number of nitro groups is 1. The van der Waals surface area contributed by atoms with Crippen LogP contribution in [0.1, 0.15) is 26.3 Å². The first kappa shape index (κ1) is 19.3. The molecule has 0 unspecified atom stereocenters. The molecular formula is C16H13ClN4O4S. The topological polar surface area (TPSA) is 113 Å². The van der Waals surface area contributed by atoms with Crippen LogP contribution < -0.4 is 16.2 Å². The number of benzene rings is 2. The van der Waals surface area contributed by atoms with Gasteiger partial charge in [-0.15, -0.1) is 0 Å². The van der Waals surface area contributed by atoms with Crippen molar-refractivity contribution in [3.05, 3.63) is 74.3 Å². The van der Waals surface area contributed by atoms with Gasteiger partial charge < -0.3 is 0 Å². The zero-order chi connectivity index (χ0) is 19.3. The van der Waals surface area contributed by atoms with Crippen LogP contribution in [0.2, 0.25) is 5.02 Å². The van der Waals surface area contributed by atoms with Crippen molar-refractivity contribution in [2.24, 2.45) is 0 Å².